The first-order valence-electron chi connectivity index (χ1n) is 10.2. The van der Waals surface area contributed by atoms with Crippen LogP contribution in [-0.4, -0.2) is 49.2 Å². The Morgan fingerprint density at radius 1 is 1.27 bits per heavy atom. The number of halogens is 1. The molecule has 0 bridgehead atoms. The molecular formula is C20H28FN5O4. The van der Waals surface area contributed by atoms with E-state index in [1.165, 1.54) is 11.7 Å². The van der Waals surface area contributed by atoms with Gasteiger partial charge < -0.3 is 25.9 Å². The Morgan fingerprint density at radius 2 is 2.00 bits per heavy atom. The Labute approximate surface area is 172 Å². The molecule has 2 fully saturated rings. The maximum atomic E-state index is 15.3. The summed E-state index contributed by atoms with van der Waals surface area (Å²) in [7, 11) is 3.06. The third-order valence-electron chi connectivity index (χ3n) is 6.20. The third kappa shape index (κ3) is 3.33. The lowest BCUT2D eigenvalue weighted by Gasteiger charge is -2.25. The number of benzene rings is 1. The monoisotopic (exact) mass is 421 g/mol. The number of rotatable bonds is 7. The van der Waals surface area contributed by atoms with E-state index in [0.29, 0.717) is 29.9 Å². The second kappa shape index (κ2) is 7.92. The molecule has 2 atom stereocenters. The lowest BCUT2D eigenvalue weighted by atomic mass is 9.97. The van der Waals surface area contributed by atoms with Gasteiger partial charge >= 0.3 is 5.69 Å². The van der Waals surface area contributed by atoms with Gasteiger partial charge in [-0.25, -0.2) is 9.18 Å². The predicted octanol–water partition coefficient (Wildman–Crippen LogP) is 0.550. The van der Waals surface area contributed by atoms with Gasteiger partial charge in [-0.1, -0.05) is 0 Å². The van der Waals surface area contributed by atoms with E-state index in [1.807, 2.05) is 4.90 Å². The number of nitrogen functional groups attached to an aromatic ring is 1. The fourth-order valence-electron chi connectivity index (χ4n) is 4.43. The van der Waals surface area contributed by atoms with Gasteiger partial charge in [0.2, 0.25) is 0 Å². The number of hydrogen-bond acceptors (Lipinski definition) is 7. The van der Waals surface area contributed by atoms with Gasteiger partial charge in [-0.15, -0.1) is 0 Å². The Kier molecular flexibility index (Phi) is 5.46. The molecule has 1 aromatic heterocycles. The molecule has 1 aromatic carbocycles. The summed E-state index contributed by atoms with van der Waals surface area (Å²) >= 11 is 0. The molecule has 4 N–H and O–H groups in total. The Bertz CT molecular complexity index is 1080. The van der Waals surface area contributed by atoms with Crippen molar-refractivity contribution in [1.29, 1.82) is 0 Å². The lowest BCUT2D eigenvalue weighted by molar-refractivity contribution is 0.180. The van der Waals surface area contributed by atoms with E-state index in [2.05, 4.69) is 0 Å². The van der Waals surface area contributed by atoms with Crippen LogP contribution in [0.3, 0.4) is 0 Å². The number of ether oxygens (including phenoxy) is 2. The average molecular weight is 421 g/mol. The summed E-state index contributed by atoms with van der Waals surface area (Å²) in [6.45, 7) is 1.74. The highest BCUT2D eigenvalue weighted by Crippen LogP contribution is 2.43. The lowest BCUT2D eigenvalue weighted by Crippen LogP contribution is -2.44. The van der Waals surface area contributed by atoms with E-state index in [0.717, 1.165) is 31.7 Å². The molecular weight excluding hydrogens is 393 g/mol. The predicted molar refractivity (Wildman–Crippen MR) is 112 cm³/mol. The summed E-state index contributed by atoms with van der Waals surface area (Å²) in [5, 5.41) is 0.0367. The zero-order chi connectivity index (χ0) is 21.6. The molecule has 0 amide bonds. The number of nitrogens with zero attached hydrogens (tertiary/aromatic N) is 3. The SMILES string of the molecule is COCC[C@@H](N)[C@@H]1CCN(c2c(F)cc3c(=O)n(N)c(=O)n(C4CC4)c3c2OC)C1. The second-order valence-electron chi connectivity index (χ2n) is 8.14. The Hall–Kier alpha value is -2.59. The summed E-state index contributed by atoms with van der Waals surface area (Å²) in [5.74, 6) is 5.48. The summed E-state index contributed by atoms with van der Waals surface area (Å²) in [6.07, 6.45) is 3.13. The second-order valence-corrected chi connectivity index (χ2v) is 8.14. The smallest absolute Gasteiger partial charge is 0.350 e. The number of fused-ring (bicyclic) bond motifs is 1. The van der Waals surface area contributed by atoms with Crippen molar-refractivity contribution >= 4 is 16.6 Å². The largest absolute Gasteiger partial charge is 0.492 e. The molecule has 1 aliphatic heterocycles. The van der Waals surface area contributed by atoms with Crippen LogP contribution in [0.15, 0.2) is 15.7 Å². The maximum Gasteiger partial charge on any atom is 0.350 e. The molecule has 2 heterocycles. The Balaban J connectivity index is 1.83. The van der Waals surface area contributed by atoms with Gasteiger partial charge in [0.05, 0.1) is 12.5 Å². The summed E-state index contributed by atoms with van der Waals surface area (Å²) in [4.78, 5) is 27.2. The van der Waals surface area contributed by atoms with Crippen LogP contribution in [0.4, 0.5) is 10.1 Å². The highest BCUT2D eigenvalue weighted by atomic mass is 19.1. The van der Waals surface area contributed by atoms with Crippen molar-refractivity contribution in [1.82, 2.24) is 9.24 Å². The third-order valence-corrected chi connectivity index (χ3v) is 6.20. The van der Waals surface area contributed by atoms with Gasteiger partial charge in [-0.2, -0.15) is 4.68 Å². The maximum absolute atomic E-state index is 15.3. The zero-order valence-electron chi connectivity index (χ0n) is 17.3. The summed E-state index contributed by atoms with van der Waals surface area (Å²) in [5.41, 5.74) is 5.50. The molecule has 30 heavy (non-hydrogen) atoms. The van der Waals surface area contributed by atoms with Crippen molar-refractivity contribution in [3.05, 3.63) is 32.7 Å². The van der Waals surface area contributed by atoms with Gasteiger partial charge in [0, 0.05) is 38.9 Å². The van der Waals surface area contributed by atoms with Crippen LogP contribution in [-0.2, 0) is 4.74 Å². The van der Waals surface area contributed by atoms with Crippen LogP contribution in [0.5, 0.6) is 5.75 Å². The van der Waals surface area contributed by atoms with Gasteiger partial charge in [-0.05, 0) is 37.7 Å². The molecule has 1 saturated heterocycles. The van der Waals surface area contributed by atoms with Crippen LogP contribution in [0, 0.1) is 11.7 Å². The van der Waals surface area contributed by atoms with E-state index in [9.17, 15) is 9.59 Å². The molecule has 10 heteroatoms. The van der Waals surface area contributed by atoms with E-state index in [4.69, 9.17) is 21.1 Å². The van der Waals surface area contributed by atoms with Crippen molar-refractivity contribution in [3.8, 4) is 5.75 Å². The topological polar surface area (TPSA) is 118 Å². The molecule has 2 aliphatic rings. The van der Waals surface area contributed by atoms with E-state index in [-0.39, 0.29) is 34.8 Å². The van der Waals surface area contributed by atoms with Crippen LogP contribution >= 0.6 is 0 Å². The average Bonchev–Trinajstić information content (AvgIpc) is 3.45. The molecule has 164 valence electrons. The van der Waals surface area contributed by atoms with Crippen molar-refractivity contribution in [2.45, 2.75) is 37.8 Å². The number of hydrogen-bond donors (Lipinski definition) is 2. The quantitative estimate of drug-likeness (QED) is 0.627. The minimum absolute atomic E-state index is 0.0367. The van der Waals surface area contributed by atoms with Crippen LogP contribution in [0.2, 0.25) is 0 Å². The van der Waals surface area contributed by atoms with E-state index < -0.39 is 17.1 Å². The number of methoxy groups -OCH3 is 2. The number of nitrogens with two attached hydrogens (primary N) is 2. The highest BCUT2D eigenvalue weighted by molar-refractivity contribution is 5.91. The zero-order valence-corrected chi connectivity index (χ0v) is 17.3. The first-order chi connectivity index (χ1) is 14.4. The van der Waals surface area contributed by atoms with Gasteiger partial charge in [-0.3, -0.25) is 9.36 Å². The fraction of sp³-hybridized carbons (Fsp3) is 0.600. The molecule has 0 unspecified atom stereocenters. The van der Waals surface area contributed by atoms with Gasteiger partial charge in [0.1, 0.15) is 11.2 Å². The van der Waals surface area contributed by atoms with Gasteiger partial charge in [0.25, 0.3) is 5.56 Å². The van der Waals surface area contributed by atoms with Crippen molar-refractivity contribution in [3.63, 3.8) is 0 Å². The van der Waals surface area contributed by atoms with E-state index >= 15 is 4.39 Å². The first kappa shape index (κ1) is 20.7. The molecule has 9 nitrogen and oxygen atoms in total. The van der Waals surface area contributed by atoms with Gasteiger partial charge in [0.15, 0.2) is 11.6 Å². The minimum atomic E-state index is -0.739. The first-order valence-corrected chi connectivity index (χ1v) is 10.2. The summed E-state index contributed by atoms with van der Waals surface area (Å²) < 4.78 is 28.0. The molecule has 1 aliphatic carbocycles. The van der Waals surface area contributed by atoms with Crippen molar-refractivity contribution in [2.75, 3.05) is 44.7 Å². The van der Waals surface area contributed by atoms with E-state index in [1.54, 1.807) is 7.11 Å². The van der Waals surface area contributed by atoms with Crippen molar-refractivity contribution < 1.29 is 13.9 Å². The number of anilines is 1. The van der Waals surface area contributed by atoms with Crippen LogP contribution < -0.4 is 32.5 Å². The number of aromatic nitrogens is 2. The molecule has 1 saturated carbocycles. The Morgan fingerprint density at radius 3 is 2.63 bits per heavy atom. The van der Waals surface area contributed by atoms with Crippen LogP contribution in [0.25, 0.3) is 10.9 Å². The highest BCUT2D eigenvalue weighted by Gasteiger charge is 2.35. The normalized spacial score (nSPS) is 20.1. The van der Waals surface area contributed by atoms with Crippen molar-refractivity contribution in [2.24, 2.45) is 11.7 Å². The standard InChI is InChI=1S/C20H28FN5O4/c1-29-8-6-15(22)11-5-7-24(10-11)17-14(21)9-13-16(18(17)30-2)25(12-3-4-12)20(28)26(23)19(13)27/h9,11-12,15H,3-8,10,22-23H2,1-2H3/t11-,15-/m1/s1. The van der Waals surface area contributed by atoms with Crippen LogP contribution in [0.1, 0.15) is 31.7 Å². The fourth-order valence-corrected chi connectivity index (χ4v) is 4.43. The molecule has 2 aromatic rings. The molecule has 0 spiro atoms. The molecule has 0 radical (unpaired) electrons. The summed E-state index contributed by atoms with van der Waals surface area (Å²) in [6, 6.07) is 1.03. The molecule has 4 rings (SSSR count). The minimum Gasteiger partial charge on any atom is -0.492 e.